The predicted molar refractivity (Wildman–Crippen MR) is 84.2 cm³/mol. The number of benzene rings is 2. The summed E-state index contributed by atoms with van der Waals surface area (Å²) in [5.74, 6) is 0.503. The van der Waals surface area contributed by atoms with Crippen LogP contribution in [0.5, 0.6) is 5.75 Å². The normalized spacial score (nSPS) is 20.0. The summed E-state index contributed by atoms with van der Waals surface area (Å²) in [5.41, 5.74) is 2.41. The molecule has 0 bridgehead atoms. The second kappa shape index (κ2) is 6.62. The number of rotatable bonds is 5. The van der Waals surface area contributed by atoms with Crippen LogP contribution in [0, 0.1) is 5.92 Å². The molecule has 1 aliphatic heterocycles. The van der Waals surface area contributed by atoms with Crippen molar-refractivity contribution in [2.45, 2.75) is 5.92 Å². The van der Waals surface area contributed by atoms with E-state index in [4.69, 9.17) is 9.84 Å². The van der Waals surface area contributed by atoms with Crippen molar-refractivity contribution in [3.05, 3.63) is 65.7 Å². The van der Waals surface area contributed by atoms with Gasteiger partial charge in [-0.3, -0.25) is 4.79 Å². The molecule has 114 valence electrons. The van der Waals surface area contributed by atoms with Crippen LogP contribution in [0.2, 0.25) is 0 Å². The minimum Gasteiger partial charge on any atom is -0.493 e. The molecule has 0 amide bonds. The van der Waals surface area contributed by atoms with Crippen molar-refractivity contribution in [3.63, 3.8) is 0 Å². The maximum absolute atomic E-state index is 10.7. The fourth-order valence-corrected chi connectivity index (χ4v) is 3.07. The van der Waals surface area contributed by atoms with Crippen LogP contribution in [0.15, 0.2) is 54.6 Å². The Balaban J connectivity index is 1.88. The van der Waals surface area contributed by atoms with Gasteiger partial charge in [-0.1, -0.05) is 48.5 Å². The molecule has 0 saturated heterocycles. The first kappa shape index (κ1) is 14.6. The minimum atomic E-state index is -0.839. The number of carboxylic acids is 1. The largest absolute Gasteiger partial charge is 0.493 e. The second-order valence-corrected chi connectivity index (χ2v) is 5.52. The number of fused-ring (bicyclic) bond motifs is 1. The smallest absolute Gasteiger partial charge is 0.317 e. The zero-order valence-corrected chi connectivity index (χ0v) is 12.2. The highest BCUT2D eigenvalue weighted by Crippen LogP contribution is 2.40. The van der Waals surface area contributed by atoms with Gasteiger partial charge in [0.05, 0.1) is 13.2 Å². The van der Waals surface area contributed by atoms with E-state index >= 15 is 0 Å². The monoisotopic (exact) mass is 297 g/mol. The summed E-state index contributed by atoms with van der Waals surface area (Å²) >= 11 is 0. The lowest BCUT2D eigenvalue weighted by Gasteiger charge is -2.34. The number of ether oxygens (including phenoxy) is 1. The van der Waals surface area contributed by atoms with E-state index in [0.717, 1.165) is 5.75 Å². The van der Waals surface area contributed by atoms with E-state index in [1.165, 1.54) is 11.1 Å². The maximum Gasteiger partial charge on any atom is 0.317 e. The first-order valence-corrected chi connectivity index (χ1v) is 7.45. The van der Waals surface area contributed by atoms with Gasteiger partial charge < -0.3 is 15.2 Å². The molecule has 0 aromatic heterocycles. The molecule has 2 atom stereocenters. The van der Waals surface area contributed by atoms with Crippen LogP contribution in [0.25, 0.3) is 0 Å². The summed E-state index contributed by atoms with van der Waals surface area (Å²) in [5, 5.41) is 11.8. The first-order valence-electron chi connectivity index (χ1n) is 7.45. The highest BCUT2D eigenvalue weighted by molar-refractivity contribution is 5.69. The van der Waals surface area contributed by atoms with E-state index in [-0.39, 0.29) is 18.4 Å². The lowest BCUT2D eigenvalue weighted by atomic mass is 9.79. The Kier molecular flexibility index (Phi) is 4.39. The van der Waals surface area contributed by atoms with Gasteiger partial charge in [-0.2, -0.15) is 0 Å². The van der Waals surface area contributed by atoms with Crippen molar-refractivity contribution < 1.29 is 14.6 Å². The van der Waals surface area contributed by atoms with Gasteiger partial charge in [-0.25, -0.2) is 0 Å². The molecule has 0 aliphatic carbocycles. The number of hydrogen-bond acceptors (Lipinski definition) is 3. The van der Waals surface area contributed by atoms with Crippen LogP contribution in [-0.2, 0) is 4.79 Å². The molecular formula is C18H19NO3. The fraction of sp³-hybridized carbons (Fsp3) is 0.278. The van der Waals surface area contributed by atoms with Crippen molar-refractivity contribution in [2.24, 2.45) is 5.92 Å². The SMILES string of the molecule is O=C(O)CNCC1COc2ccccc2C1c1ccccc1. The molecule has 2 unspecified atom stereocenters. The van der Waals surface area contributed by atoms with Gasteiger partial charge in [-0.05, 0) is 11.6 Å². The van der Waals surface area contributed by atoms with Crippen molar-refractivity contribution >= 4 is 5.97 Å². The van der Waals surface area contributed by atoms with Crippen molar-refractivity contribution in [2.75, 3.05) is 19.7 Å². The number of aliphatic carboxylic acids is 1. The molecule has 0 fully saturated rings. The Morgan fingerprint density at radius 1 is 1.14 bits per heavy atom. The maximum atomic E-state index is 10.7. The van der Waals surface area contributed by atoms with E-state index in [1.54, 1.807) is 0 Å². The van der Waals surface area contributed by atoms with E-state index in [1.807, 2.05) is 36.4 Å². The van der Waals surface area contributed by atoms with Crippen LogP contribution in [0.4, 0.5) is 0 Å². The van der Waals surface area contributed by atoms with Crippen molar-refractivity contribution in [1.29, 1.82) is 0 Å². The van der Waals surface area contributed by atoms with Crippen LogP contribution >= 0.6 is 0 Å². The second-order valence-electron chi connectivity index (χ2n) is 5.52. The van der Waals surface area contributed by atoms with Gasteiger partial charge in [0.2, 0.25) is 0 Å². The van der Waals surface area contributed by atoms with Gasteiger partial charge in [-0.15, -0.1) is 0 Å². The Morgan fingerprint density at radius 3 is 2.64 bits per heavy atom. The minimum absolute atomic E-state index is 0.0281. The lowest BCUT2D eigenvalue weighted by molar-refractivity contribution is -0.136. The van der Waals surface area contributed by atoms with Crippen LogP contribution in [0.3, 0.4) is 0 Å². The quantitative estimate of drug-likeness (QED) is 0.890. The molecule has 0 radical (unpaired) electrons. The van der Waals surface area contributed by atoms with E-state index in [0.29, 0.717) is 13.2 Å². The zero-order chi connectivity index (χ0) is 15.4. The summed E-state index contributed by atoms with van der Waals surface area (Å²) in [7, 11) is 0. The Labute approximate surface area is 129 Å². The molecule has 1 heterocycles. The third-order valence-electron chi connectivity index (χ3n) is 4.02. The standard InChI is InChI=1S/C18H19NO3/c20-17(21)11-19-10-14-12-22-16-9-5-4-8-15(16)18(14)13-6-2-1-3-7-13/h1-9,14,18-19H,10-12H2,(H,20,21). The van der Waals surface area contributed by atoms with Gasteiger partial charge in [0.1, 0.15) is 5.75 Å². The van der Waals surface area contributed by atoms with Gasteiger partial charge >= 0.3 is 5.97 Å². The molecule has 0 saturated carbocycles. The Morgan fingerprint density at radius 2 is 1.86 bits per heavy atom. The van der Waals surface area contributed by atoms with E-state index in [2.05, 4.69) is 23.5 Å². The molecule has 3 rings (SSSR count). The fourth-order valence-electron chi connectivity index (χ4n) is 3.07. The molecule has 22 heavy (non-hydrogen) atoms. The third kappa shape index (κ3) is 3.12. The highest BCUT2D eigenvalue weighted by atomic mass is 16.5. The molecule has 4 heteroatoms. The zero-order valence-electron chi connectivity index (χ0n) is 12.2. The van der Waals surface area contributed by atoms with Gasteiger partial charge in [0, 0.05) is 23.9 Å². The lowest BCUT2D eigenvalue weighted by Crippen LogP contribution is -2.37. The number of carbonyl (C=O) groups is 1. The predicted octanol–water partition coefficient (Wildman–Crippen LogP) is 2.50. The summed E-state index contributed by atoms with van der Waals surface area (Å²) < 4.78 is 5.86. The number of para-hydroxylation sites is 1. The molecule has 1 aliphatic rings. The summed E-state index contributed by atoms with van der Waals surface area (Å²) in [6.45, 7) is 1.17. The number of carboxylic acid groups (broad SMARTS) is 1. The van der Waals surface area contributed by atoms with Crippen LogP contribution in [0.1, 0.15) is 17.0 Å². The van der Waals surface area contributed by atoms with Crippen molar-refractivity contribution in [3.8, 4) is 5.75 Å². The third-order valence-corrected chi connectivity index (χ3v) is 4.02. The average Bonchev–Trinajstić information content (AvgIpc) is 2.55. The molecule has 0 spiro atoms. The van der Waals surface area contributed by atoms with E-state index in [9.17, 15) is 4.79 Å². The topological polar surface area (TPSA) is 58.6 Å². The molecular weight excluding hydrogens is 278 g/mol. The molecule has 2 N–H and O–H groups in total. The summed E-state index contributed by atoms with van der Waals surface area (Å²) in [6, 6.07) is 18.4. The summed E-state index contributed by atoms with van der Waals surface area (Å²) in [4.78, 5) is 10.7. The van der Waals surface area contributed by atoms with Crippen LogP contribution < -0.4 is 10.1 Å². The first-order chi connectivity index (χ1) is 10.8. The van der Waals surface area contributed by atoms with Crippen LogP contribution in [-0.4, -0.2) is 30.8 Å². The summed E-state index contributed by atoms with van der Waals surface area (Å²) in [6.07, 6.45) is 0. The van der Waals surface area contributed by atoms with Gasteiger partial charge in [0.25, 0.3) is 0 Å². The van der Waals surface area contributed by atoms with E-state index < -0.39 is 5.97 Å². The Bertz CT molecular complexity index is 642. The number of hydrogen-bond donors (Lipinski definition) is 2. The molecule has 2 aromatic rings. The van der Waals surface area contributed by atoms with Crippen molar-refractivity contribution in [1.82, 2.24) is 5.32 Å². The molecule has 4 nitrogen and oxygen atoms in total. The molecule has 2 aromatic carbocycles. The number of nitrogens with one attached hydrogen (secondary N) is 1. The van der Waals surface area contributed by atoms with Gasteiger partial charge in [0.15, 0.2) is 0 Å². The highest BCUT2D eigenvalue weighted by Gasteiger charge is 2.31. The average molecular weight is 297 g/mol. The Hall–Kier alpha value is -2.33.